The first-order valence-electron chi connectivity index (χ1n) is 8.22. The second kappa shape index (κ2) is 7.67. The predicted octanol–water partition coefficient (Wildman–Crippen LogP) is 4.06. The van der Waals surface area contributed by atoms with Crippen molar-refractivity contribution in [1.82, 2.24) is 14.8 Å². The predicted molar refractivity (Wildman–Crippen MR) is 102 cm³/mol. The molecular formula is C19H16ClFN4O2. The molecule has 0 unspecified atom stereocenters. The van der Waals surface area contributed by atoms with Crippen molar-refractivity contribution in [2.75, 3.05) is 5.32 Å². The summed E-state index contributed by atoms with van der Waals surface area (Å²) in [6.45, 7) is 3.40. The van der Waals surface area contributed by atoms with Gasteiger partial charge in [-0.3, -0.25) is 9.59 Å². The van der Waals surface area contributed by atoms with E-state index in [2.05, 4.69) is 15.4 Å². The third kappa shape index (κ3) is 3.73. The van der Waals surface area contributed by atoms with Crippen LogP contribution in [0.15, 0.2) is 47.4 Å². The first kappa shape index (κ1) is 18.7. The van der Waals surface area contributed by atoms with E-state index in [1.165, 1.54) is 42.1 Å². The lowest BCUT2D eigenvalue weighted by molar-refractivity contribution is 0.101. The Balaban J connectivity index is 2.29. The van der Waals surface area contributed by atoms with Crippen LogP contribution in [0.2, 0.25) is 5.15 Å². The molecule has 0 saturated carbocycles. The molecule has 3 aromatic rings. The Morgan fingerprint density at radius 2 is 1.96 bits per heavy atom. The fourth-order valence-corrected chi connectivity index (χ4v) is 2.83. The third-order valence-corrected chi connectivity index (χ3v) is 4.25. The van der Waals surface area contributed by atoms with Crippen LogP contribution in [-0.4, -0.2) is 20.5 Å². The van der Waals surface area contributed by atoms with Crippen molar-refractivity contribution in [2.24, 2.45) is 0 Å². The molecule has 0 saturated heterocycles. The van der Waals surface area contributed by atoms with Crippen LogP contribution in [0.1, 0.15) is 24.2 Å². The van der Waals surface area contributed by atoms with E-state index in [0.29, 0.717) is 17.8 Å². The lowest BCUT2D eigenvalue weighted by Crippen LogP contribution is -2.28. The average Bonchev–Trinajstić information content (AvgIpc) is 2.65. The van der Waals surface area contributed by atoms with Gasteiger partial charge in [0.05, 0.1) is 11.3 Å². The molecule has 0 fully saturated rings. The molecule has 0 aliphatic carbocycles. The minimum Gasteiger partial charge on any atom is -0.348 e. The van der Waals surface area contributed by atoms with Gasteiger partial charge < -0.3 is 5.32 Å². The van der Waals surface area contributed by atoms with Crippen LogP contribution in [0.4, 0.5) is 15.8 Å². The average molecular weight is 387 g/mol. The smallest absolute Gasteiger partial charge is 0.291 e. The van der Waals surface area contributed by atoms with Crippen LogP contribution in [0, 0.1) is 5.82 Å². The lowest BCUT2D eigenvalue weighted by Gasteiger charge is -2.16. The fraction of sp³-hybridized carbons (Fsp3) is 0.158. The molecule has 2 aromatic heterocycles. The maximum absolute atomic E-state index is 13.3. The second-order valence-electron chi connectivity index (χ2n) is 5.75. The number of carbonyl (C=O) groups excluding carboxylic acids is 1. The van der Waals surface area contributed by atoms with Crippen molar-refractivity contribution >= 4 is 28.8 Å². The van der Waals surface area contributed by atoms with Crippen LogP contribution in [0.5, 0.6) is 0 Å². The van der Waals surface area contributed by atoms with Gasteiger partial charge in [0, 0.05) is 18.3 Å². The largest absolute Gasteiger partial charge is 0.348 e. The van der Waals surface area contributed by atoms with Crippen molar-refractivity contribution in [1.29, 1.82) is 0 Å². The fourth-order valence-electron chi connectivity index (χ4n) is 2.67. The third-order valence-electron chi connectivity index (χ3n) is 3.94. The summed E-state index contributed by atoms with van der Waals surface area (Å²) in [5.74, 6) is -0.767. The number of benzene rings is 1. The zero-order valence-corrected chi connectivity index (χ0v) is 15.4. The second-order valence-corrected chi connectivity index (χ2v) is 6.11. The molecule has 0 aliphatic heterocycles. The van der Waals surface area contributed by atoms with Gasteiger partial charge in [-0.15, -0.1) is 0 Å². The Morgan fingerprint density at radius 1 is 1.26 bits per heavy atom. The summed E-state index contributed by atoms with van der Waals surface area (Å²) in [6, 6.07) is 8.86. The molecule has 3 rings (SSSR count). The molecule has 6 nitrogen and oxygen atoms in total. The van der Waals surface area contributed by atoms with Crippen molar-refractivity contribution in [2.45, 2.75) is 20.4 Å². The Morgan fingerprint density at radius 3 is 2.56 bits per heavy atom. The molecular weight excluding hydrogens is 371 g/mol. The number of aryl methyl sites for hydroxylation is 1. The molecule has 0 spiro atoms. The van der Waals surface area contributed by atoms with Gasteiger partial charge in [-0.1, -0.05) is 11.6 Å². The summed E-state index contributed by atoms with van der Waals surface area (Å²) in [5, 5.41) is 7.39. The maximum atomic E-state index is 13.3. The monoisotopic (exact) mass is 386 g/mol. The molecule has 0 bridgehead atoms. The molecule has 1 aromatic carbocycles. The molecule has 138 valence electrons. The number of nitrogens with zero attached hydrogens (tertiary/aromatic N) is 3. The summed E-state index contributed by atoms with van der Waals surface area (Å²) in [5.41, 5.74) is 0.881. The van der Waals surface area contributed by atoms with Gasteiger partial charge in [-0.2, -0.15) is 5.10 Å². The molecule has 0 radical (unpaired) electrons. The lowest BCUT2D eigenvalue weighted by atomic mass is 10.0. The highest BCUT2D eigenvalue weighted by molar-refractivity contribution is 6.32. The molecule has 0 aliphatic rings. The summed E-state index contributed by atoms with van der Waals surface area (Å²) < 4.78 is 14.5. The van der Waals surface area contributed by atoms with Crippen molar-refractivity contribution < 1.29 is 9.18 Å². The van der Waals surface area contributed by atoms with Crippen LogP contribution < -0.4 is 10.9 Å². The highest BCUT2D eigenvalue weighted by Gasteiger charge is 2.22. The summed E-state index contributed by atoms with van der Waals surface area (Å²) in [4.78, 5) is 29.2. The molecule has 8 heteroatoms. The zero-order chi connectivity index (χ0) is 19.6. The highest BCUT2D eigenvalue weighted by Crippen LogP contribution is 2.29. The minimum absolute atomic E-state index is 0.0496. The number of aromatic nitrogens is 3. The molecule has 1 N–H and O–H groups in total. The Bertz CT molecular complexity index is 1060. The van der Waals surface area contributed by atoms with Gasteiger partial charge in [0.1, 0.15) is 17.2 Å². The topological polar surface area (TPSA) is 76.9 Å². The van der Waals surface area contributed by atoms with E-state index >= 15 is 0 Å². The number of rotatable bonds is 5. The van der Waals surface area contributed by atoms with Crippen LogP contribution in [0.25, 0.3) is 11.3 Å². The van der Waals surface area contributed by atoms with Gasteiger partial charge in [0.25, 0.3) is 5.56 Å². The van der Waals surface area contributed by atoms with Crippen LogP contribution in [-0.2, 0) is 6.54 Å². The van der Waals surface area contributed by atoms with Gasteiger partial charge in [0.2, 0.25) is 0 Å². The van der Waals surface area contributed by atoms with Gasteiger partial charge in [-0.05, 0) is 50.2 Å². The molecule has 27 heavy (non-hydrogen) atoms. The van der Waals surface area contributed by atoms with E-state index in [4.69, 9.17) is 11.6 Å². The SMILES string of the molecule is CCn1nc(-c2ccc(F)cc2)c(C(C)=O)c(Nc2cccnc2Cl)c1=O. The summed E-state index contributed by atoms with van der Waals surface area (Å²) in [6.07, 6.45) is 1.51. The van der Waals surface area contributed by atoms with E-state index in [1.54, 1.807) is 19.1 Å². The van der Waals surface area contributed by atoms with Gasteiger partial charge in [-0.25, -0.2) is 14.1 Å². The molecule has 2 heterocycles. The zero-order valence-electron chi connectivity index (χ0n) is 14.7. The number of nitrogens with one attached hydrogen (secondary N) is 1. The standard InChI is InChI=1S/C19H16ClFN4O2/c1-3-25-19(27)17(23-14-5-4-10-22-18(14)20)15(11(2)26)16(24-25)12-6-8-13(21)9-7-12/h4-10,23H,3H2,1-2H3. The van der Waals surface area contributed by atoms with E-state index in [1.807, 2.05) is 0 Å². The van der Waals surface area contributed by atoms with E-state index in [-0.39, 0.29) is 27.9 Å². The number of hydrogen-bond acceptors (Lipinski definition) is 5. The van der Waals surface area contributed by atoms with Crippen LogP contribution in [0.3, 0.4) is 0 Å². The number of ketones is 1. The quantitative estimate of drug-likeness (QED) is 0.528. The Labute approximate surface area is 159 Å². The van der Waals surface area contributed by atoms with Gasteiger partial charge in [0.15, 0.2) is 10.9 Å². The number of halogens is 2. The number of pyridine rings is 1. The molecule has 0 amide bonds. The van der Waals surface area contributed by atoms with E-state index < -0.39 is 11.4 Å². The highest BCUT2D eigenvalue weighted by atomic mass is 35.5. The number of hydrogen-bond donors (Lipinski definition) is 1. The Hall–Kier alpha value is -3.06. The number of carbonyl (C=O) groups is 1. The summed E-state index contributed by atoms with van der Waals surface area (Å²) in [7, 11) is 0. The van der Waals surface area contributed by atoms with E-state index in [9.17, 15) is 14.0 Å². The normalized spacial score (nSPS) is 10.7. The van der Waals surface area contributed by atoms with Gasteiger partial charge >= 0.3 is 0 Å². The van der Waals surface area contributed by atoms with E-state index in [0.717, 1.165) is 0 Å². The summed E-state index contributed by atoms with van der Waals surface area (Å²) >= 11 is 6.08. The first-order valence-corrected chi connectivity index (χ1v) is 8.59. The first-order chi connectivity index (χ1) is 12.9. The number of anilines is 2. The van der Waals surface area contributed by atoms with Crippen LogP contribution >= 0.6 is 11.6 Å². The Kier molecular flexibility index (Phi) is 5.32. The number of Topliss-reactive ketones (excluding diaryl/α,β-unsaturated/α-hetero) is 1. The van der Waals surface area contributed by atoms with Crippen molar-refractivity contribution in [3.8, 4) is 11.3 Å². The minimum atomic E-state index is -0.464. The van der Waals surface area contributed by atoms with Crippen molar-refractivity contribution in [3.05, 3.63) is 69.5 Å². The molecule has 0 atom stereocenters. The van der Waals surface area contributed by atoms with Crippen molar-refractivity contribution in [3.63, 3.8) is 0 Å². The maximum Gasteiger partial charge on any atom is 0.291 e.